The van der Waals surface area contributed by atoms with Crippen LogP contribution in [-0.2, 0) is 6.54 Å². The Balaban J connectivity index is 1.60. The van der Waals surface area contributed by atoms with Gasteiger partial charge in [-0.3, -0.25) is 14.7 Å². The second-order valence-corrected chi connectivity index (χ2v) is 7.67. The van der Waals surface area contributed by atoms with Gasteiger partial charge in [-0.1, -0.05) is 24.2 Å². The molecule has 1 saturated heterocycles. The highest BCUT2D eigenvalue weighted by atomic mass is 35.5. The molecule has 30 heavy (non-hydrogen) atoms. The minimum Gasteiger partial charge on any atom is -0.409 e. The van der Waals surface area contributed by atoms with Crippen molar-refractivity contribution in [3.63, 3.8) is 0 Å². The number of piperazine rings is 1. The predicted octanol–water partition coefficient (Wildman–Crippen LogP) is 2.47. The summed E-state index contributed by atoms with van der Waals surface area (Å²) in [6.45, 7) is 8.06. The molecule has 4 N–H and O–H groups in total. The van der Waals surface area contributed by atoms with E-state index < -0.39 is 12.0 Å². The van der Waals surface area contributed by atoms with Crippen molar-refractivity contribution in [1.82, 2.24) is 14.8 Å². The standard InChI is InChI=1S/C21H24ClN5O3/c1-13-11-26(12-15-3-4-19(22)18(7-15)20(24)28)5-6-27(13)21(29)30-17-8-16(14(2)23)9-25-10-17/h3-4,7-10,13H,2,5-6,11-12,23H2,1H3,(H2,24,28)/t13-/m0/s1. The average molecular weight is 430 g/mol. The number of benzene rings is 1. The van der Waals surface area contributed by atoms with Crippen LogP contribution in [0.1, 0.15) is 28.4 Å². The minimum absolute atomic E-state index is 0.0604. The van der Waals surface area contributed by atoms with Crippen molar-refractivity contribution in [1.29, 1.82) is 0 Å². The van der Waals surface area contributed by atoms with E-state index in [0.29, 0.717) is 53.8 Å². The van der Waals surface area contributed by atoms with Crippen molar-refractivity contribution >= 4 is 29.3 Å². The van der Waals surface area contributed by atoms with Gasteiger partial charge in [-0.15, -0.1) is 0 Å². The van der Waals surface area contributed by atoms with Gasteiger partial charge in [0.25, 0.3) is 0 Å². The van der Waals surface area contributed by atoms with Gasteiger partial charge < -0.3 is 21.1 Å². The smallest absolute Gasteiger partial charge is 0.409 e. The molecule has 0 bridgehead atoms. The molecule has 2 aromatic rings. The maximum Gasteiger partial charge on any atom is 0.415 e. The van der Waals surface area contributed by atoms with Crippen LogP contribution in [0.15, 0.2) is 43.2 Å². The maximum atomic E-state index is 12.6. The van der Waals surface area contributed by atoms with E-state index in [4.69, 9.17) is 27.8 Å². The predicted molar refractivity (Wildman–Crippen MR) is 115 cm³/mol. The summed E-state index contributed by atoms with van der Waals surface area (Å²) in [6, 6.07) is 6.82. The number of pyridine rings is 1. The number of hydrogen-bond donors (Lipinski definition) is 2. The number of halogens is 1. The van der Waals surface area contributed by atoms with Gasteiger partial charge in [0.05, 0.1) is 16.8 Å². The molecule has 0 saturated carbocycles. The van der Waals surface area contributed by atoms with Crippen LogP contribution in [-0.4, -0.2) is 52.5 Å². The second kappa shape index (κ2) is 9.15. The first kappa shape index (κ1) is 21.6. The Morgan fingerprint density at radius 1 is 1.27 bits per heavy atom. The van der Waals surface area contributed by atoms with E-state index in [2.05, 4.69) is 16.5 Å². The van der Waals surface area contributed by atoms with Crippen molar-refractivity contribution in [2.45, 2.75) is 19.5 Å². The summed E-state index contributed by atoms with van der Waals surface area (Å²) in [5, 5.41) is 0.337. The molecule has 0 unspecified atom stereocenters. The third kappa shape index (κ3) is 5.08. The van der Waals surface area contributed by atoms with E-state index in [-0.39, 0.29) is 6.04 Å². The number of primary amides is 1. The van der Waals surface area contributed by atoms with E-state index in [1.807, 2.05) is 13.0 Å². The van der Waals surface area contributed by atoms with Gasteiger partial charge in [-0.05, 0) is 30.7 Å². The summed E-state index contributed by atoms with van der Waals surface area (Å²) in [5.74, 6) is -0.238. The van der Waals surface area contributed by atoms with Crippen molar-refractivity contribution in [2.24, 2.45) is 11.5 Å². The fraction of sp³-hybridized carbons (Fsp3) is 0.286. The monoisotopic (exact) mass is 429 g/mol. The number of carbonyl (C=O) groups is 2. The summed E-state index contributed by atoms with van der Waals surface area (Å²) in [4.78, 5) is 32.0. The molecule has 1 fully saturated rings. The first-order valence-electron chi connectivity index (χ1n) is 9.43. The molecule has 8 nitrogen and oxygen atoms in total. The van der Waals surface area contributed by atoms with Crippen LogP contribution in [0.5, 0.6) is 5.75 Å². The minimum atomic E-state index is -0.556. The van der Waals surface area contributed by atoms with Gasteiger partial charge in [0.15, 0.2) is 5.75 Å². The first-order chi connectivity index (χ1) is 14.2. The number of hydrogen-bond acceptors (Lipinski definition) is 6. The second-order valence-electron chi connectivity index (χ2n) is 7.26. The lowest BCUT2D eigenvalue weighted by atomic mass is 10.1. The molecule has 0 radical (unpaired) electrons. The van der Waals surface area contributed by atoms with Crippen LogP contribution >= 0.6 is 11.6 Å². The number of rotatable bonds is 5. The van der Waals surface area contributed by atoms with Crippen molar-refractivity contribution in [2.75, 3.05) is 19.6 Å². The van der Waals surface area contributed by atoms with Crippen molar-refractivity contribution in [3.8, 4) is 5.75 Å². The normalized spacial score (nSPS) is 16.9. The van der Waals surface area contributed by atoms with Crippen LogP contribution in [0, 0.1) is 0 Å². The van der Waals surface area contributed by atoms with Gasteiger partial charge in [0.2, 0.25) is 5.91 Å². The number of amides is 2. The van der Waals surface area contributed by atoms with Gasteiger partial charge in [0.1, 0.15) is 0 Å². The lowest BCUT2D eigenvalue weighted by Crippen LogP contribution is -2.54. The van der Waals surface area contributed by atoms with Crippen molar-refractivity contribution in [3.05, 3.63) is 65.0 Å². The number of carbonyl (C=O) groups excluding carboxylic acids is 2. The quantitative estimate of drug-likeness (QED) is 0.754. The zero-order valence-corrected chi connectivity index (χ0v) is 17.4. The molecule has 1 aromatic heterocycles. The van der Waals surface area contributed by atoms with Gasteiger partial charge in [-0.2, -0.15) is 0 Å². The van der Waals surface area contributed by atoms with E-state index in [9.17, 15) is 9.59 Å². The van der Waals surface area contributed by atoms with Gasteiger partial charge in [-0.25, -0.2) is 4.79 Å². The molecular formula is C21H24ClN5O3. The molecule has 1 aliphatic heterocycles. The molecule has 2 amide bonds. The molecule has 0 aliphatic carbocycles. The molecular weight excluding hydrogens is 406 g/mol. The Morgan fingerprint density at radius 2 is 2.03 bits per heavy atom. The average Bonchev–Trinajstić information content (AvgIpc) is 2.69. The molecule has 9 heteroatoms. The number of nitrogens with zero attached hydrogens (tertiary/aromatic N) is 3. The molecule has 158 valence electrons. The molecule has 1 aliphatic rings. The van der Waals surface area contributed by atoms with Crippen molar-refractivity contribution < 1.29 is 14.3 Å². The SMILES string of the molecule is C=C(N)c1cncc(OC(=O)N2CCN(Cc3ccc(Cl)c(C(N)=O)c3)C[C@@H]2C)c1. The molecule has 2 heterocycles. The summed E-state index contributed by atoms with van der Waals surface area (Å²) in [7, 11) is 0. The Labute approximate surface area is 180 Å². The topological polar surface area (TPSA) is 115 Å². The van der Waals surface area contributed by atoms with Crippen LogP contribution in [0.3, 0.4) is 0 Å². The zero-order chi connectivity index (χ0) is 21.8. The first-order valence-corrected chi connectivity index (χ1v) is 9.81. The van der Waals surface area contributed by atoms with Gasteiger partial charge >= 0.3 is 6.09 Å². The summed E-state index contributed by atoms with van der Waals surface area (Å²) < 4.78 is 5.47. The lowest BCUT2D eigenvalue weighted by molar-refractivity contribution is 0.0751. The number of nitrogens with two attached hydrogens (primary N) is 2. The largest absolute Gasteiger partial charge is 0.415 e. The molecule has 0 spiro atoms. The van der Waals surface area contributed by atoms with E-state index in [1.165, 1.54) is 6.20 Å². The number of ether oxygens (including phenoxy) is 1. The highest BCUT2D eigenvalue weighted by Gasteiger charge is 2.29. The van der Waals surface area contributed by atoms with Crippen LogP contribution in [0.4, 0.5) is 4.79 Å². The summed E-state index contributed by atoms with van der Waals surface area (Å²) in [6.07, 6.45) is 2.58. The molecule has 1 aromatic carbocycles. The Kier molecular flexibility index (Phi) is 6.59. The highest BCUT2D eigenvalue weighted by Crippen LogP contribution is 2.21. The number of aromatic nitrogens is 1. The Hall–Kier alpha value is -3.10. The van der Waals surface area contributed by atoms with Gasteiger partial charge in [0, 0.05) is 49.7 Å². The summed E-state index contributed by atoms with van der Waals surface area (Å²) in [5.41, 5.74) is 13.2. The third-order valence-corrected chi connectivity index (χ3v) is 5.27. The highest BCUT2D eigenvalue weighted by molar-refractivity contribution is 6.33. The summed E-state index contributed by atoms with van der Waals surface area (Å²) >= 11 is 6.02. The zero-order valence-electron chi connectivity index (χ0n) is 16.7. The van der Waals surface area contributed by atoms with E-state index in [0.717, 1.165) is 5.56 Å². The fourth-order valence-corrected chi connectivity index (χ4v) is 3.59. The maximum absolute atomic E-state index is 12.6. The van der Waals surface area contributed by atoms with E-state index >= 15 is 0 Å². The van der Waals surface area contributed by atoms with Crippen LogP contribution < -0.4 is 16.2 Å². The molecule has 3 rings (SSSR count). The Morgan fingerprint density at radius 3 is 2.70 bits per heavy atom. The van der Waals surface area contributed by atoms with Crippen LogP contribution in [0.2, 0.25) is 5.02 Å². The van der Waals surface area contributed by atoms with Crippen LogP contribution in [0.25, 0.3) is 5.70 Å². The lowest BCUT2D eigenvalue weighted by Gasteiger charge is -2.39. The Bertz CT molecular complexity index is 981. The third-order valence-electron chi connectivity index (χ3n) is 4.94. The fourth-order valence-electron chi connectivity index (χ4n) is 3.38. The van der Waals surface area contributed by atoms with E-state index in [1.54, 1.807) is 29.3 Å². The molecule has 1 atom stereocenters.